The van der Waals surface area contributed by atoms with Gasteiger partial charge in [0, 0.05) is 23.1 Å². The van der Waals surface area contributed by atoms with Gasteiger partial charge >= 0.3 is 11.9 Å². The van der Waals surface area contributed by atoms with Crippen molar-refractivity contribution in [2.24, 2.45) is 0 Å². The Labute approximate surface area is 208 Å². The summed E-state index contributed by atoms with van der Waals surface area (Å²) in [5.74, 6) is 5.15. The van der Waals surface area contributed by atoms with E-state index in [9.17, 15) is 14.7 Å². The Morgan fingerprint density at radius 3 is 2.63 bits per heavy atom. The molecule has 178 valence electrons. The second-order valence-corrected chi connectivity index (χ2v) is 9.87. The summed E-state index contributed by atoms with van der Waals surface area (Å²) < 4.78 is 10.7. The van der Waals surface area contributed by atoms with Gasteiger partial charge in [0.25, 0.3) is 0 Å². The fraction of sp³-hybridized carbons (Fsp3) is 0.250. The second-order valence-electron chi connectivity index (χ2n) is 8.67. The first kappa shape index (κ1) is 24.4. The molecule has 0 bridgehead atoms. The van der Waals surface area contributed by atoms with Crippen LogP contribution in [0.4, 0.5) is 0 Å². The zero-order chi connectivity index (χ0) is 25.0. The molecule has 1 aliphatic heterocycles. The number of hydrogen-bond acceptors (Lipinski definition) is 7. The molecule has 1 atom stereocenters. The van der Waals surface area contributed by atoms with E-state index in [2.05, 4.69) is 36.7 Å². The molecule has 0 saturated heterocycles. The number of phenols is 1. The van der Waals surface area contributed by atoms with Crippen molar-refractivity contribution in [3.8, 4) is 17.6 Å². The average molecular weight is 488 g/mol. The number of aromatic nitrogens is 1. The Hall–Kier alpha value is -3.76. The van der Waals surface area contributed by atoms with Crippen LogP contribution in [0.3, 0.4) is 0 Å². The number of esters is 2. The lowest BCUT2D eigenvalue weighted by atomic mass is 9.80. The minimum atomic E-state index is -0.538. The number of ether oxygens (including phenoxy) is 2. The Morgan fingerprint density at radius 2 is 1.91 bits per heavy atom. The van der Waals surface area contributed by atoms with Crippen molar-refractivity contribution >= 4 is 23.7 Å². The number of hydrogen-bond donors (Lipinski definition) is 1. The maximum atomic E-state index is 12.6. The van der Waals surface area contributed by atoms with Gasteiger partial charge in [-0.25, -0.2) is 14.6 Å². The number of carbonyl (C=O) groups is 2. The highest BCUT2D eigenvalue weighted by Gasteiger charge is 2.36. The lowest BCUT2D eigenvalue weighted by Crippen LogP contribution is -2.31. The molecule has 3 aromatic rings. The van der Waals surface area contributed by atoms with E-state index in [0.29, 0.717) is 24.3 Å². The molecule has 0 saturated carbocycles. The minimum Gasteiger partial charge on any atom is -0.507 e. The SMILES string of the molecule is CCOC(=O)c1ccc(C#Cc2ccc3c(c2)C(C)(C)CC(OC(=O)c2ccccc2O)S3)nc1. The number of rotatable bonds is 4. The third kappa shape index (κ3) is 5.67. The van der Waals surface area contributed by atoms with E-state index in [1.165, 1.54) is 24.0 Å². The summed E-state index contributed by atoms with van der Waals surface area (Å²) in [4.78, 5) is 29.6. The van der Waals surface area contributed by atoms with E-state index in [1.807, 2.05) is 12.1 Å². The molecular weight excluding hydrogens is 462 g/mol. The summed E-state index contributed by atoms with van der Waals surface area (Å²) in [7, 11) is 0. The fourth-order valence-electron chi connectivity index (χ4n) is 3.78. The molecule has 1 N–H and O–H groups in total. The van der Waals surface area contributed by atoms with Crippen LogP contribution >= 0.6 is 11.8 Å². The molecule has 1 aliphatic rings. The van der Waals surface area contributed by atoms with Gasteiger partial charge in [0.05, 0.1) is 12.2 Å². The third-order valence-electron chi connectivity index (χ3n) is 5.62. The van der Waals surface area contributed by atoms with Gasteiger partial charge in [-0.2, -0.15) is 0 Å². The predicted molar refractivity (Wildman–Crippen MR) is 133 cm³/mol. The fourth-order valence-corrected chi connectivity index (χ4v) is 5.31. The number of pyridine rings is 1. The van der Waals surface area contributed by atoms with Crippen LogP contribution in [-0.2, 0) is 14.9 Å². The molecule has 7 heteroatoms. The number of nitrogens with zero attached hydrogens (tertiary/aromatic N) is 1. The van der Waals surface area contributed by atoms with Crippen LogP contribution in [0.5, 0.6) is 5.75 Å². The molecule has 2 aromatic carbocycles. The van der Waals surface area contributed by atoms with Crippen LogP contribution < -0.4 is 0 Å². The molecule has 1 unspecified atom stereocenters. The second kappa shape index (κ2) is 10.2. The number of thioether (sulfide) groups is 1. The van der Waals surface area contributed by atoms with Crippen molar-refractivity contribution < 1.29 is 24.2 Å². The molecule has 2 heterocycles. The van der Waals surface area contributed by atoms with Crippen LogP contribution in [0.15, 0.2) is 65.7 Å². The first-order valence-corrected chi connectivity index (χ1v) is 12.1. The molecule has 1 aromatic heterocycles. The predicted octanol–water partition coefficient (Wildman–Crippen LogP) is 5.32. The normalized spacial score (nSPS) is 15.8. The summed E-state index contributed by atoms with van der Waals surface area (Å²) in [5, 5.41) is 9.95. The van der Waals surface area contributed by atoms with E-state index in [0.717, 1.165) is 16.0 Å². The monoisotopic (exact) mass is 487 g/mol. The van der Waals surface area contributed by atoms with Crippen molar-refractivity contribution in [3.05, 3.63) is 88.7 Å². The number of phenolic OH excluding ortho intramolecular Hbond substituents is 1. The largest absolute Gasteiger partial charge is 0.507 e. The number of fused-ring (bicyclic) bond motifs is 1. The van der Waals surface area contributed by atoms with Crippen molar-refractivity contribution in [2.45, 2.75) is 42.9 Å². The maximum Gasteiger partial charge on any atom is 0.343 e. The molecule has 6 nitrogen and oxygen atoms in total. The topological polar surface area (TPSA) is 85.7 Å². The highest BCUT2D eigenvalue weighted by molar-refractivity contribution is 7.99. The quantitative estimate of drug-likeness (QED) is 0.394. The molecule has 0 spiro atoms. The van der Waals surface area contributed by atoms with E-state index < -0.39 is 11.9 Å². The highest BCUT2D eigenvalue weighted by Crippen LogP contribution is 2.46. The summed E-state index contributed by atoms with van der Waals surface area (Å²) in [6.07, 6.45) is 2.09. The van der Waals surface area contributed by atoms with Gasteiger partial charge < -0.3 is 14.6 Å². The van der Waals surface area contributed by atoms with Gasteiger partial charge in [-0.15, -0.1) is 0 Å². The lowest BCUT2D eigenvalue weighted by Gasteiger charge is -2.36. The summed E-state index contributed by atoms with van der Waals surface area (Å²) in [6.45, 7) is 6.29. The first-order valence-electron chi connectivity index (χ1n) is 11.2. The third-order valence-corrected chi connectivity index (χ3v) is 6.75. The standard InChI is InChI=1S/C28H25NO5S/c1-4-33-26(31)19-11-13-20(29-17-19)12-9-18-10-14-24-22(15-18)28(2,3)16-25(35-24)34-27(32)21-7-5-6-8-23(21)30/h5-8,10-11,13-15,17,25,30H,4,16H2,1-3H3. The zero-order valence-electron chi connectivity index (χ0n) is 19.7. The molecule has 0 fully saturated rings. The number of benzene rings is 2. The average Bonchev–Trinajstić information content (AvgIpc) is 2.83. The van der Waals surface area contributed by atoms with Crippen LogP contribution in [0.2, 0.25) is 0 Å². The number of para-hydroxylation sites is 1. The van der Waals surface area contributed by atoms with Gasteiger partial charge in [-0.3, -0.25) is 0 Å². The van der Waals surface area contributed by atoms with Crippen molar-refractivity contribution in [2.75, 3.05) is 6.61 Å². The van der Waals surface area contributed by atoms with E-state index in [-0.39, 0.29) is 22.2 Å². The smallest absolute Gasteiger partial charge is 0.343 e. The Balaban J connectivity index is 1.49. The van der Waals surface area contributed by atoms with Crippen molar-refractivity contribution in [1.29, 1.82) is 0 Å². The van der Waals surface area contributed by atoms with Gasteiger partial charge in [0.1, 0.15) is 17.0 Å². The Kier molecular flexibility index (Phi) is 7.13. The van der Waals surface area contributed by atoms with Crippen LogP contribution in [0.1, 0.15) is 64.7 Å². The molecule has 0 amide bonds. The van der Waals surface area contributed by atoms with Crippen LogP contribution in [-0.4, -0.2) is 34.1 Å². The lowest BCUT2D eigenvalue weighted by molar-refractivity contribution is 0.0412. The Morgan fingerprint density at radius 1 is 1.11 bits per heavy atom. The van der Waals surface area contributed by atoms with Crippen LogP contribution in [0, 0.1) is 11.8 Å². The van der Waals surface area contributed by atoms with Crippen molar-refractivity contribution in [3.63, 3.8) is 0 Å². The Bertz CT molecular complexity index is 1320. The van der Waals surface area contributed by atoms with Gasteiger partial charge in [0.2, 0.25) is 0 Å². The molecular formula is C28H25NO5S. The maximum absolute atomic E-state index is 12.6. The van der Waals surface area contributed by atoms with E-state index in [4.69, 9.17) is 9.47 Å². The zero-order valence-corrected chi connectivity index (χ0v) is 20.5. The highest BCUT2D eigenvalue weighted by atomic mass is 32.2. The molecule has 4 rings (SSSR count). The number of aromatic hydroxyl groups is 1. The first-order chi connectivity index (χ1) is 16.8. The summed E-state index contributed by atoms with van der Waals surface area (Å²) >= 11 is 1.49. The van der Waals surface area contributed by atoms with Crippen molar-refractivity contribution in [1.82, 2.24) is 4.98 Å². The molecule has 35 heavy (non-hydrogen) atoms. The molecule has 0 aliphatic carbocycles. The van der Waals surface area contributed by atoms with E-state index >= 15 is 0 Å². The van der Waals surface area contributed by atoms with Crippen LogP contribution in [0.25, 0.3) is 0 Å². The molecule has 0 radical (unpaired) electrons. The summed E-state index contributed by atoms with van der Waals surface area (Å²) in [5.41, 5.74) is 2.47. The van der Waals surface area contributed by atoms with E-state index in [1.54, 1.807) is 37.3 Å². The van der Waals surface area contributed by atoms with Gasteiger partial charge in [-0.1, -0.05) is 43.7 Å². The summed E-state index contributed by atoms with van der Waals surface area (Å²) in [6, 6.07) is 15.7. The van der Waals surface area contributed by atoms with Gasteiger partial charge in [0.15, 0.2) is 5.44 Å². The minimum absolute atomic E-state index is 0.0915. The number of carbonyl (C=O) groups excluding carboxylic acids is 2. The van der Waals surface area contributed by atoms with Gasteiger partial charge in [-0.05, 0) is 66.3 Å².